The Morgan fingerprint density at radius 2 is 2.00 bits per heavy atom. The number of sulfone groups is 1. The molecule has 0 radical (unpaired) electrons. The first-order valence-corrected chi connectivity index (χ1v) is 9.22. The molecule has 1 rings (SSSR count). The van der Waals surface area contributed by atoms with E-state index in [2.05, 4.69) is 31.4 Å². The molecule has 0 aromatic carbocycles. The maximum atomic E-state index is 11.8. The first-order valence-electron chi connectivity index (χ1n) is 7.51. The molecule has 1 aromatic rings. The summed E-state index contributed by atoms with van der Waals surface area (Å²) in [7, 11) is -2.96. The van der Waals surface area contributed by atoms with Crippen LogP contribution in [0.25, 0.3) is 0 Å². The molecule has 4 nitrogen and oxygen atoms in total. The molecule has 1 unspecified atom stereocenters. The summed E-state index contributed by atoms with van der Waals surface area (Å²) in [6, 6.07) is 2.44. The molecule has 0 fully saturated rings. The third-order valence-corrected chi connectivity index (χ3v) is 5.77. The van der Waals surface area contributed by atoms with Crippen molar-refractivity contribution in [1.29, 1.82) is 0 Å². The van der Waals surface area contributed by atoms with Crippen molar-refractivity contribution in [2.45, 2.75) is 58.4 Å². The Morgan fingerprint density at radius 3 is 2.55 bits per heavy atom. The molecule has 0 aliphatic heterocycles. The van der Waals surface area contributed by atoms with Crippen LogP contribution in [0.15, 0.2) is 18.5 Å². The zero-order chi connectivity index (χ0) is 15.2. The number of hydrogen-bond donors (Lipinski definition) is 1. The minimum absolute atomic E-state index is 0.206. The number of aryl methyl sites for hydroxylation is 1. The molecule has 116 valence electrons. The van der Waals surface area contributed by atoms with Gasteiger partial charge in [-0.25, -0.2) is 8.42 Å². The van der Waals surface area contributed by atoms with E-state index in [-0.39, 0.29) is 11.0 Å². The summed E-state index contributed by atoms with van der Waals surface area (Å²) in [6.45, 7) is 9.32. The lowest BCUT2D eigenvalue weighted by molar-refractivity contribution is 0.517. The summed E-state index contributed by atoms with van der Waals surface area (Å²) in [6.07, 6.45) is 6.19. The highest BCUT2D eigenvalue weighted by Gasteiger charge is 2.16. The fourth-order valence-corrected chi connectivity index (χ4v) is 3.03. The second-order valence-electron chi connectivity index (χ2n) is 5.51. The molecule has 0 spiro atoms. The number of rotatable bonds is 9. The van der Waals surface area contributed by atoms with Gasteiger partial charge in [0.1, 0.15) is 0 Å². The average Bonchev–Trinajstić information content (AvgIpc) is 2.86. The topological polar surface area (TPSA) is 51.1 Å². The smallest absolute Gasteiger partial charge is 0.154 e. The van der Waals surface area contributed by atoms with Gasteiger partial charge in [0.05, 0.1) is 11.0 Å². The van der Waals surface area contributed by atoms with Crippen molar-refractivity contribution in [3.8, 4) is 0 Å². The van der Waals surface area contributed by atoms with Crippen molar-refractivity contribution in [1.82, 2.24) is 9.88 Å². The van der Waals surface area contributed by atoms with Gasteiger partial charge in [-0.3, -0.25) is 0 Å². The maximum Gasteiger partial charge on any atom is 0.154 e. The molecule has 0 saturated heterocycles. The second kappa shape index (κ2) is 7.84. The van der Waals surface area contributed by atoms with E-state index in [1.54, 1.807) is 13.8 Å². The summed E-state index contributed by atoms with van der Waals surface area (Å²) >= 11 is 0. The minimum Gasteiger partial charge on any atom is -0.353 e. The molecule has 0 amide bonds. The molecular formula is C15H28N2O2S. The molecule has 1 atom stereocenters. The SMILES string of the molecule is CCCNC(CC)c1ccn(CCS(=O)(=O)C(C)C)c1. The van der Waals surface area contributed by atoms with Crippen LogP contribution in [0.5, 0.6) is 0 Å². The van der Waals surface area contributed by atoms with Crippen LogP contribution < -0.4 is 5.32 Å². The minimum atomic E-state index is -2.96. The van der Waals surface area contributed by atoms with Gasteiger partial charge >= 0.3 is 0 Å². The fourth-order valence-electron chi connectivity index (χ4n) is 2.09. The van der Waals surface area contributed by atoms with E-state index >= 15 is 0 Å². The molecule has 20 heavy (non-hydrogen) atoms. The van der Waals surface area contributed by atoms with Crippen molar-refractivity contribution in [3.05, 3.63) is 24.0 Å². The Morgan fingerprint density at radius 1 is 1.30 bits per heavy atom. The Labute approximate surface area is 123 Å². The summed E-state index contributed by atoms with van der Waals surface area (Å²) in [5.41, 5.74) is 1.24. The van der Waals surface area contributed by atoms with Gasteiger partial charge in [0.2, 0.25) is 0 Å². The van der Waals surface area contributed by atoms with Gasteiger partial charge < -0.3 is 9.88 Å². The molecule has 0 bridgehead atoms. The highest BCUT2D eigenvalue weighted by atomic mass is 32.2. The van der Waals surface area contributed by atoms with E-state index in [9.17, 15) is 8.42 Å². The van der Waals surface area contributed by atoms with Crippen molar-refractivity contribution in [2.24, 2.45) is 0 Å². The molecule has 0 aliphatic rings. The Balaban J connectivity index is 2.63. The third-order valence-electron chi connectivity index (χ3n) is 3.58. The van der Waals surface area contributed by atoms with E-state index < -0.39 is 9.84 Å². The van der Waals surface area contributed by atoms with E-state index in [0.717, 1.165) is 19.4 Å². The van der Waals surface area contributed by atoms with Crippen LogP contribution in [0.3, 0.4) is 0 Å². The van der Waals surface area contributed by atoms with Crippen LogP contribution >= 0.6 is 0 Å². The van der Waals surface area contributed by atoms with Gasteiger partial charge in [-0.1, -0.05) is 13.8 Å². The largest absolute Gasteiger partial charge is 0.353 e. The predicted molar refractivity (Wildman–Crippen MR) is 84.7 cm³/mol. The van der Waals surface area contributed by atoms with Gasteiger partial charge in [0, 0.05) is 25.0 Å². The van der Waals surface area contributed by atoms with Crippen molar-refractivity contribution < 1.29 is 8.42 Å². The monoisotopic (exact) mass is 300 g/mol. The van der Waals surface area contributed by atoms with Crippen LogP contribution in [-0.4, -0.2) is 30.5 Å². The first-order chi connectivity index (χ1) is 9.40. The van der Waals surface area contributed by atoms with Crippen LogP contribution in [0, 0.1) is 0 Å². The second-order valence-corrected chi connectivity index (χ2v) is 8.19. The standard InChI is InChI=1S/C15H28N2O2S/c1-5-8-16-15(6-2)14-7-9-17(12-14)10-11-20(18,19)13(3)4/h7,9,12-13,15-16H,5-6,8,10-11H2,1-4H3. The van der Waals surface area contributed by atoms with Crippen LogP contribution in [0.2, 0.25) is 0 Å². The van der Waals surface area contributed by atoms with Gasteiger partial charge in [-0.15, -0.1) is 0 Å². The lowest BCUT2D eigenvalue weighted by Crippen LogP contribution is -2.21. The van der Waals surface area contributed by atoms with E-state index in [4.69, 9.17) is 0 Å². The number of hydrogen-bond acceptors (Lipinski definition) is 3. The zero-order valence-corrected chi connectivity index (χ0v) is 13.9. The van der Waals surface area contributed by atoms with Crippen molar-refractivity contribution >= 4 is 9.84 Å². The van der Waals surface area contributed by atoms with Crippen LogP contribution in [0.1, 0.15) is 52.1 Å². The summed E-state index contributed by atoms with van der Waals surface area (Å²) in [5.74, 6) is 0.206. The highest BCUT2D eigenvalue weighted by Crippen LogP contribution is 2.17. The lowest BCUT2D eigenvalue weighted by atomic mass is 10.1. The zero-order valence-electron chi connectivity index (χ0n) is 13.1. The summed E-state index contributed by atoms with van der Waals surface area (Å²) in [5, 5.41) is 3.21. The highest BCUT2D eigenvalue weighted by molar-refractivity contribution is 7.91. The Bertz CT molecular complexity index is 492. The van der Waals surface area contributed by atoms with Gasteiger partial charge in [-0.05, 0) is 44.9 Å². The van der Waals surface area contributed by atoms with Gasteiger partial charge in [-0.2, -0.15) is 0 Å². The molecule has 5 heteroatoms. The number of nitrogens with zero attached hydrogens (tertiary/aromatic N) is 1. The fraction of sp³-hybridized carbons (Fsp3) is 0.733. The Hall–Kier alpha value is -0.810. The van der Waals surface area contributed by atoms with Crippen molar-refractivity contribution in [2.75, 3.05) is 12.3 Å². The van der Waals surface area contributed by atoms with Crippen LogP contribution in [0.4, 0.5) is 0 Å². The van der Waals surface area contributed by atoms with Gasteiger partial charge in [0.25, 0.3) is 0 Å². The van der Waals surface area contributed by atoms with Crippen molar-refractivity contribution in [3.63, 3.8) is 0 Å². The first kappa shape index (κ1) is 17.2. The number of nitrogens with one attached hydrogen (secondary N) is 1. The molecular weight excluding hydrogens is 272 g/mol. The van der Waals surface area contributed by atoms with E-state index in [1.807, 2.05) is 10.8 Å². The Kier molecular flexibility index (Phi) is 6.76. The summed E-state index contributed by atoms with van der Waals surface area (Å²) in [4.78, 5) is 0. The molecule has 0 saturated carbocycles. The van der Waals surface area contributed by atoms with Gasteiger partial charge in [0.15, 0.2) is 9.84 Å². The third kappa shape index (κ3) is 4.94. The van der Waals surface area contributed by atoms with E-state index in [1.165, 1.54) is 5.56 Å². The molecule has 0 aliphatic carbocycles. The predicted octanol–water partition coefficient (Wildman–Crippen LogP) is 2.76. The number of aromatic nitrogens is 1. The normalized spacial score (nSPS) is 13.8. The van der Waals surface area contributed by atoms with Crippen LogP contribution in [-0.2, 0) is 16.4 Å². The lowest BCUT2D eigenvalue weighted by Gasteiger charge is -2.15. The average molecular weight is 300 g/mol. The maximum absolute atomic E-state index is 11.8. The molecule has 1 aromatic heterocycles. The quantitative estimate of drug-likeness (QED) is 0.763. The van der Waals surface area contributed by atoms with E-state index in [0.29, 0.717) is 12.6 Å². The molecule has 1 N–H and O–H groups in total. The molecule has 1 heterocycles. The summed E-state index contributed by atoms with van der Waals surface area (Å²) < 4.78 is 25.6.